The molecule has 0 radical (unpaired) electrons. The van der Waals surface area contributed by atoms with Crippen molar-refractivity contribution in [3.63, 3.8) is 0 Å². The molecular formula is C23H27N7OS. The summed E-state index contributed by atoms with van der Waals surface area (Å²) < 4.78 is 1.85. The van der Waals surface area contributed by atoms with Crippen LogP contribution in [0.5, 0.6) is 0 Å². The molecule has 0 bridgehead atoms. The van der Waals surface area contributed by atoms with Gasteiger partial charge in [-0.2, -0.15) is 0 Å². The third-order valence-corrected chi connectivity index (χ3v) is 5.70. The molecular weight excluding hydrogens is 422 g/mol. The van der Waals surface area contributed by atoms with Crippen LogP contribution in [0.3, 0.4) is 0 Å². The number of hydrogen-bond donors (Lipinski definition) is 3. The Morgan fingerprint density at radius 3 is 2.62 bits per heavy atom. The number of allylic oxidation sites excluding steroid dienone is 2. The number of anilines is 1. The average molecular weight is 450 g/mol. The van der Waals surface area contributed by atoms with Gasteiger partial charge >= 0.3 is 0 Å². The number of rotatable bonds is 4. The Bertz CT molecular complexity index is 1350. The SMILES string of the molecule is CCc1cc2cccc(C(/C=C\N)=C/N)c2c(=O)n1C(C)C.Nc1ncnc2scnc12. The quantitative estimate of drug-likeness (QED) is 0.405. The minimum Gasteiger partial charge on any atom is -0.405 e. The van der Waals surface area contributed by atoms with Crippen molar-refractivity contribution in [2.45, 2.75) is 33.2 Å². The first-order chi connectivity index (χ1) is 15.4. The molecule has 0 aliphatic carbocycles. The molecule has 0 aliphatic rings. The molecule has 8 nitrogen and oxygen atoms in total. The summed E-state index contributed by atoms with van der Waals surface area (Å²) in [6.07, 6.45) is 6.87. The van der Waals surface area contributed by atoms with E-state index in [0.717, 1.165) is 33.5 Å². The Morgan fingerprint density at radius 2 is 2.00 bits per heavy atom. The lowest BCUT2D eigenvalue weighted by atomic mass is 9.98. The summed E-state index contributed by atoms with van der Waals surface area (Å²) in [6.45, 7) is 6.11. The molecule has 4 aromatic rings. The van der Waals surface area contributed by atoms with E-state index in [2.05, 4.69) is 27.9 Å². The van der Waals surface area contributed by atoms with Crippen LogP contribution in [0.4, 0.5) is 5.82 Å². The maximum absolute atomic E-state index is 13.0. The maximum atomic E-state index is 13.0. The molecule has 166 valence electrons. The third kappa shape index (κ3) is 4.47. The van der Waals surface area contributed by atoms with Crippen LogP contribution in [0.2, 0.25) is 0 Å². The van der Waals surface area contributed by atoms with Crippen LogP contribution in [0.1, 0.15) is 38.1 Å². The molecule has 0 spiro atoms. The van der Waals surface area contributed by atoms with Gasteiger partial charge in [0.1, 0.15) is 16.7 Å². The van der Waals surface area contributed by atoms with Gasteiger partial charge in [-0.05, 0) is 55.1 Å². The average Bonchev–Trinajstić information content (AvgIpc) is 3.27. The minimum absolute atomic E-state index is 0.0183. The van der Waals surface area contributed by atoms with Crippen molar-refractivity contribution in [1.82, 2.24) is 19.5 Å². The Labute approximate surface area is 190 Å². The Kier molecular flexibility index (Phi) is 7.21. The first kappa shape index (κ1) is 23.0. The number of aryl methyl sites for hydroxylation is 1. The van der Waals surface area contributed by atoms with E-state index in [1.807, 2.05) is 36.6 Å². The predicted molar refractivity (Wildman–Crippen MR) is 133 cm³/mol. The number of nitrogen functional groups attached to an aromatic ring is 1. The number of benzene rings is 1. The smallest absolute Gasteiger partial charge is 0.259 e. The van der Waals surface area contributed by atoms with Gasteiger partial charge in [0, 0.05) is 17.9 Å². The number of fused-ring (bicyclic) bond motifs is 2. The fourth-order valence-corrected chi connectivity index (χ4v) is 4.19. The number of nitrogens with zero attached hydrogens (tertiary/aromatic N) is 4. The van der Waals surface area contributed by atoms with Crippen molar-refractivity contribution in [2.75, 3.05) is 5.73 Å². The van der Waals surface area contributed by atoms with Gasteiger partial charge in [-0.25, -0.2) is 15.0 Å². The Hall–Kier alpha value is -3.72. The Morgan fingerprint density at radius 1 is 1.22 bits per heavy atom. The van der Waals surface area contributed by atoms with Crippen LogP contribution in [0, 0.1) is 0 Å². The minimum atomic E-state index is 0.0183. The zero-order valence-electron chi connectivity index (χ0n) is 18.3. The second kappa shape index (κ2) is 10.1. The van der Waals surface area contributed by atoms with E-state index >= 15 is 0 Å². The van der Waals surface area contributed by atoms with E-state index in [9.17, 15) is 4.79 Å². The van der Waals surface area contributed by atoms with E-state index in [-0.39, 0.29) is 11.6 Å². The zero-order chi connectivity index (χ0) is 23.3. The van der Waals surface area contributed by atoms with Crippen molar-refractivity contribution in [3.05, 3.63) is 76.2 Å². The molecule has 0 atom stereocenters. The van der Waals surface area contributed by atoms with Gasteiger partial charge < -0.3 is 21.8 Å². The summed E-state index contributed by atoms with van der Waals surface area (Å²) in [7, 11) is 0. The van der Waals surface area contributed by atoms with E-state index in [0.29, 0.717) is 16.7 Å². The summed E-state index contributed by atoms with van der Waals surface area (Å²) in [5.74, 6) is 0.450. The van der Waals surface area contributed by atoms with Crippen LogP contribution in [0.15, 0.2) is 59.4 Å². The molecule has 0 aliphatic heterocycles. The highest BCUT2D eigenvalue weighted by Crippen LogP contribution is 2.25. The monoisotopic (exact) mass is 449 g/mol. The predicted octanol–water partition coefficient (Wildman–Crippen LogP) is 3.59. The van der Waals surface area contributed by atoms with Crippen LogP contribution in [0.25, 0.3) is 26.7 Å². The van der Waals surface area contributed by atoms with E-state index in [4.69, 9.17) is 17.2 Å². The second-order valence-corrected chi connectivity index (χ2v) is 8.11. The molecule has 3 aromatic heterocycles. The molecule has 0 saturated heterocycles. The molecule has 0 fully saturated rings. The summed E-state index contributed by atoms with van der Waals surface area (Å²) in [5.41, 5.74) is 21.7. The number of pyridine rings is 1. The lowest BCUT2D eigenvalue weighted by Crippen LogP contribution is -2.26. The summed E-state index contributed by atoms with van der Waals surface area (Å²) >= 11 is 1.46. The normalized spacial score (nSPS) is 11.9. The second-order valence-electron chi connectivity index (χ2n) is 7.27. The van der Waals surface area contributed by atoms with Crippen LogP contribution in [-0.4, -0.2) is 19.5 Å². The highest BCUT2D eigenvalue weighted by Gasteiger charge is 2.14. The third-order valence-electron chi connectivity index (χ3n) is 4.97. The topological polar surface area (TPSA) is 139 Å². The number of thiazole rings is 1. The van der Waals surface area contributed by atoms with Gasteiger partial charge in [-0.15, -0.1) is 11.3 Å². The van der Waals surface area contributed by atoms with E-state index in [1.54, 1.807) is 11.6 Å². The highest BCUT2D eigenvalue weighted by atomic mass is 32.1. The number of nitrogens with two attached hydrogens (primary N) is 3. The molecule has 0 amide bonds. The van der Waals surface area contributed by atoms with Crippen molar-refractivity contribution < 1.29 is 0 Å². The highest BCUT2D eigenvalue weighted by molar-refractivity contribution is 7.16. The lowest BCUT2D eigenvalue weighted by Gasteiger charge is -2.18. The lowest BCUT2D eigenvalue weighted by molar-refractivity contribution is 0.557. The van der Waals surface area contributed by atoms with Crippen LogP contribution in [-0.2, 0) is 6.42 Å². The fraction of sp³-hybridized carbons (Fsp3) is 0.217. The van der Waals surface area contributed by atoms with Crippen molar-refractivity contribution in [1.29, 1.82) is 0 Å². The summed E-state index contributed by atoms with van der Waals surface area (Å²) in [6, 6.07) is 7.99. The van der Waals surface area contributed by atoms with Crippen molar-refractivity contribution >= 4 is 43.8 Å². The first-order valence-electron chi connectivity index (χ1n) is 10.2. The standard InChI is InChI=1S/C18H23N3O.C5H4N4S/c1-4-15-10-13-6-5-7-16(14(11-20)8-9-19)17(13)18(22)21(15)12(2)3;6-4-3-5(8-1-7-4)10-2-9-3/h5-12H,4,19-20H2,1-3H3;1-2H,(H2,6,7,8)/b9-8-,14-11+;. The summed E-state index contributed by atoms with van der Waals surface area (Å²) in [5, 5.41) is 1.62. The van der Waals surface area contributed by atoms with Gasteiger partial charge in [-0.3, -0.25) is 4.79 Å². The van der Waals surface area contributed by atoms with Gasteiger partial charge in [0.2, 0.25) is 0 Å². The zero-order valence-corrected chi connectivity index (χ0v) is 19.1. The number of hydrogen-bond acceptors (Lipinski definition) is 8. The Balaban J connectivity index is 0.000000238. The summed E-state index contributed by atoms with van der Waals surface area (Å²) in [4.78, 5) is 25.6. The van der Waals surface area contributed by atoms with Crippen LogP contribution >= 0.6 is 11.3 Å². The molecule has 32 heavy (non-hydrogen) atoms. The molecule has 9 heteroatoms. The molecule has 3 heterocycles. The molecule has 1 aromatic carbocycles. The van der Waals surface area contributed by atoms with Crippen molar-refractivity contribution in [2.24, 2.45) is 11.5 Å². The number of aromatic nitrogens is 4. The van der Waals surface area contributed by atoms with Gasteiger partial charge in [0.15, 0.2) is 5.82 Å². The molecule has 0 unspecified atom stereocenters. The van der Waals surface area contributed by atoms with E-state index < -0.39 is 0 Å². The molecule has 6 N–H and O–H groups in total. The maximum Gasteiger partial charge on any atom is 0.259 e. The fourth-order valence-electron chi connectivity index (χ4n) is 3.56. The van der Waals surface area contributed by atoms with Crippen LogP contribution < -0.4 is 22.8 Å². The molecule has 0 saturated carbocycles. The van der Waals surface area contributed by atoms with Gasteiger partial charge in [0.05, 0.1) is 10.9 Å². The first-order valence-corrected chi connectivity index (χ1v) is 11.1. The van der Waals surface area contributed by atoms with Gasteiger partial charge in [-0.1, -0.05) is 25.1 Å². The molecule has 4 rings (SSSR count). The van der Waals surface area contributed by atoms with E-state index in [1.165, 1.54) is 30.1 Å². The largest absolute Gasteiger partial charge is 0.405 e. The van der Waals surface area contributed by atoms with Crippen molar-refractivity contribution in [3.8, 4) is 0 Å². The van der Waals surface area contributed by atoms with Gasteiger partial charge in [0.25, 0.3) is 5.56 Å².